The molecule has 1 aromatic carbocycles. The van der Waals surface area contributed by atoms with E-state index in [1.807, 2.05) is 19.1 Å². The minimum absolute atomic E-state index is 0.0118. The fraction of sp³-hybridized carbons (Fsp3) is 0.364. The maximum atomic E-state index is 10.6. The van der Waals surface area contributed by atoms with Crippen LogP contribution in [0.25, 0.3) is 0 Å². The topological polar surface area (TPSA) is 17.1 Å². The number of halogens is 1. The van der Waals surface area contributed by atoms with Crippen LogP contribution in [0.1, 0.15) is 30.9 Å². The summed E-state index contributed by atoms with van der Waals surface area (Å²) in [5.74, 6) is -0.0118. The monoisotopic (exact) mass is 240 g/mol. The summed E-state index contributed by atoms with van der Waals surface area (Å²) in [7, 11) is 0. The van der Waals surface area contributed by atoms with Crippen LogP contribution in [0, 0.1) is 0 Å². The fourth-order valence-electron chi connectivity index (χ4n) is 1.21. The Labute approximate surface area is 87.3 Å². The van der Waals surface area contributed by atoms with Gasteiger partial charge in [0.1, 0.15) is 6.29 Å². The molecule has 1 unspecified atom stereocenters. The predicted octanol–water partition coefficient (Wildman–Crippen LogP) is 3.31. The van der Waals surface area contributed by atoms with Gasteiger partial charge in [-0.3, -0.25) is 0 Å². The summed E-state index contributed by atoms with van der Waals surface area (Å²) in [6, 6.07) is 6.11. The third-order valence-corrected chi connectivity index (χ3v) is 2.93. The van der Waals surface area contributed by atoms with Crippen molar-refractivity contribution in [3.8, 4) is 0 Å². The van der Waals surface area contributed by atoms with Gasteiger partial charge in [-0.05, 0) is 23.6 Å². The van der Waals surface area contributed by atoms with Crippen LogP contribution in [0.3, 0.4) is 0 Å². The normalized spacial score (nSPS) is 12.5. The second-order valence-corrected chi connectivity index (χ2v) is 3.98. The van der Waals surface area contributed by atoms with Crippen LogP contribution in [-0.2, 0) is 11.2 Å². The molecular formula is C11H13BrO. The van der Waals surface area contributed by atoms with Gasteiger partial charge >= 0.3 is 0 Å². The average molecular weight is 241 g/mol. The second-order valence-electron chi connectivity index (χ2n) is 3.13. The van der Waals surface area contributed by atoms with Gasteiger partial charge in [-0.2, -0.15) is 0 Å². The SMILES string of the molecule is CCc1ccc(C(C)C=O)cc1Br. The number of aryl methyl sites for hydroxylation is 1. The van der Waals surface area contributed by atoms with Crippen molar-refractivity contribution in [1.29, 1.82) is 0 Å². The number of hydrogen-bond donors (Lipinski definition) is 0. The highest BCUT2D eigenvalue weighted by atomic mass is 79.9. The number of benzene rings is 1. The van der Waals surface area contributed by atoms with E-state index in [2.05, 4.69) is 28.9 Å². The van der Waals surface area contributed by atoms with E-state index in [0.717, 1.165) is 22.7 Å². The van der Waals surface area contributed by atoms with Crippen LogP contribution < -0.4 is 0 Å². The molecule has 0 aliphatic rings. The molecule has 0 bridgehead atoms. The molecule has 0 aliphatic heterocycles. The molecule has 1 aromatic rings. The lowest BCUT2D eigenvalue weighted by Gasteiger charge is -2.07. The van der Waals surface area contributed by atoms with Gasteiger partial charge in [0.15, 0.2) is 0 Å². The molecule has 13 heavy (non-hydrogen) atoms. The van der Waals surface area contributed by atoms with Crippen LogP contribution in [0.2, 0.25) is 0 Å². The highest BCUT2D eigenvalue weighted by molar-refractivity contribution is 9.10. The Morgan fingerprint density at radius 3 is 2.69 bits per heavy atom. The van der Waals surface area contributed by atoms with Crippen molar-refractivity contribution in [1.82, 2.24) is 0 Å². The zero-order valence-corrected chi connectivity index (χ0v) is 9.47. The minimum atomic E-state index is -0.0118. The molecule has 1 rings (SSSR count). The molecule has 70 valence electrons. The number of aldehydes is 1. The number of carbonyl (C=O) groups is 1. The molecule has 0 aromatic heterocycles. The van der Waals surface area contributed by atoms with E-state index >= 15 is 0 Å². The molecule has 0 fully saturated rings. The van der Waals surface area contributed by atoms with Crippen LogP contribution >= 0.6 is 15.9 Å². The molecule has 2 heteroatoms. The average Bonchev–Trinajstić information content (AvgIpc) is 2.16. The largest absolute Gasteiger partial charge is 0.303 e. The van der Waals surface area contributed by atoms with Crippen LogP contribution in [0.15, 0.2) is 22.7 Å². The second kappa shape index (κ2) is 4.56. The van der Waals surface area contributed by atoms with Gasteiger partial charge in [0.05, 0.1) is 0 Å². The highest BCUT2D eigenvalue weighted by Crippen LogP contribution is 2.22. The maximum Gasteiger partial charge on any atom is 0.127 e. The Balaban J connectivity index is 3.02. The Morgan fingerprint density at radius 2 is 2.23 bits per heavy atom. The van der Waals surface area contributed by atoms with Crippen LogP contribution in [0.5, 0.6) is 0 Å². The Morgan fingerprint density at radius 1 is 1.54 bits per heavy atom. The molecule has 1 atom stereocenters. The van der Waals surface area contributed by atoms with E-state index in [-0.39, 0.29) is 5.92 Å². The fourth-order valence-corrected chi connectivity index (χ4v) is 1.89. The van der Waals surface area contributed by atoms with Crippen LogP contribution in [-0.4, -0.2) is 6.29 Å². The summed E-state index contributed by atoms with van der Waals surface area (Å²) in [6.45, 7) is 4.02. The first-order chi connectivity index (χ1) is 6.19. The van der Waals surface area contributed by atoms with E-state index < -0.39 is 0 Å². The van der Waals surface area contributed by atoms with Gasteiger partial charge in [-0.1, -0.05) is 41.9 Å². The minimum Gasteiger partial charge on any atom is -0.303 e. The lowest BCUT2D eigenvalue weighted by atomic mass is 10.0. The molecule has 0 radical (unpaired) electrons. The predicted molar refractivity (Wildman–Crippen MR) is 58.0 cm³/mol. The van der Waals surface area contributed by atoms with E-state index in [9.17, 15) is 4.79 Å². The van der Waals surface area contributed by atoms with E-state index in [4.69, 9.17) is 0 Å². The van der Waals surface area contributed by atoms with Crippen molar-refractivity contribution < 1.29 is 4.79 Å². The molecule has 0 heterocycles. The van der Waals surface area contributed by atoms with E-state index in [1.165, 1.54) is 5.56 Å². The summed E-state index contributed by atoms with van der Waals surface area (Å²) in [4.78, 5) is 10.6. The lowest BCUT2D eigenvalue weighted by Crippen LogP contribution is -1.95. The first-order valence-electron chi connectivity index (χ1n) is 4.42. The zero-order valence-electron chi connectivity index (χ0n) is 7.88. The van der Waals surface area contributed by atoms with Crippen molar-refractivity contribution in [2.45, 2.75) is 26.2 Å². The number of hydrogen-bond acceptors (Lipinski definition) is 1. The standard InChI is InChI=1S/C11H13BrO/c1-3-9-4-5-10(6-11(9)12)8(2)7-13/h4-8H,3H2,1-2H3. The molecule has 1 nitrogen and oxygen atoms in total. The molecule has 0 N–H and O–H groups in total. The molecule has 0 saturated carbocycles. The first-order valence-corrected chi connectivity index (χ1v) is 5.22. The number of rotatable bonds is 3. The van der Waals surface area contributed by atoms with E-state index in [1.54, 1.807) is 0 Å². The highest BCUT2D eigenvalue weighted by Gasteiger charge is 2.05. The van der Waals surface area contributed by atoms with Crippen molar-refractivity contribution in [2.24, 2.45) is 0 Å². The smallest absolute Gasteiger partial charge is 0.127 e. The van der Waals surface area contributed by atoms with Gasteiger partial charge in [0.25, 0.3) is 0 Å². The molecule has 0 spiro atoms. The van der Waals surface area contributed by atoms with Crippen LogP contribution in [0.4, 0.5) is 0 Å². The zero-order chi connectivity index (χ0) is 9.84. The Kier molecular flexibility index (Phi) is 3.67. The summed E-state index contributed by atoms with van der Waals surface area (Å²) in [5, 5.41) is 0. The Bertz CT molecular complexity index is 307. The van der Waals surface area contributed by atoms with Gasteiger partial charge in [0, 0.05) is 10.4 Å². The van der Waals surface area contributed by atoms with Crippen molar-refractivity contribution in [3.05, 3.63) is 33.8 Å². The summed E-state index contributed by atoms with van der Waals surface area (Å²) >= 11 is 3.49. The van der Waals surface area contributed by atoms with Gasteiger partial charge in [0.2, 0.25) is 0 Å². The van der Waals surface area contributed by atoms with Crippen molar-refractivity contribution in [2.75, 3.05) is 0 Å². The quantitative estimate of drug-likeness (QED) is 0.742. The molecule has 0 amide bonds. The van der Waals surface area contributed by atoms with E-state index in [0.29, 0.717) is 0 Å². The first kappa shape index (κ1) is 10.5. The summed E-state index contributed by atoms with van der Waals surface area (Å²) in [6.07, 6.45) is 1.98. The summed E-state index contributed by atoms with van der Waals surface area (Å²) < 4.78 is 1.10. The summed E-state index contributed by atoms with van der Waals surface area (Å²) in [5.41, 5.74) is 2.35. The van der Waals surface area contributed by atoms with Gasteiger partial charge in [-0.25, -0.2) is 0 Å². The molecule has 0 saturated heterocycles. The third-order valence-electron chi connectivity index (χ3n) is 2.19. The lowest BCUT2D eigenvalue weighted by molar-refractivity contribution is -0.108. The van der Waals surface area contributed by atoms with Gasteiger partial charge in [-0.15, -0.1) is 0 Å². The Hall–Kier alpha value is -0.630. The molecule has 0 aliphatic carbocycles. The van der Waals surface area contributed by atoms with Gasteiger partial charge < -0.3 is 4.79 Å². The third kappa shape index (κ3) is 2.41. The molecular weight excluding hydrogens is 228 g/mol. The van der Waals surface area contributed by atoms with Crippen molar-refractivity contribution >= 4 is 22.2 Å². The maximum absolute atomic E-state index is 10.6. The number of carbonyl (C=O) groups excluding carboxylic acids is 1. The van der Waals surface area contributed by atoms with Crippen molar-refractivity contribution in [3.63, 3.8) is 0 Å².